The summed E-state index contributed by atoms with van der Waals surface area (Å²) in [6, 6.07) is 3.41. The zero-order valence-electron chi connectivity index (χ0n) is 12.8. The minimum atomic E-state index is -4.42. The number of piperidine rings is 1. The van der Waals surface area contributed by atoms with Gasteiger partial charge in [-0.05, 0) is 30.5 Å². The van der Waals surface area contributed by atoms with E-state index in [1.807, 2.05) is 0 Å². The van der Waals surface area contributed by atoms with Crippen molar-refractivity contribution in [3.05, 3.63) is 34.9 Å². The quantitative estimate of drug-likeness (QED) is 0.839. The molecule has 1 saturated heterocycles. The summed E-state index contributed by atoms with van der Waals surface area (Å²) in [5.74, 6) is -3.18. The molecular weight excluding hydrogens is 325 g/mol. The van der Waals surface area contributed by atoms with E-state index in [0.29, 0.717) is 5.56 Å². The van der Waals surface area contributed by atoms with E-state index in [1.54, 1.807) is 0 Å². The topological polar surface area (TPSA) is 66.5 Å². The summed E-state index contributed by atoms with van der Waals surface area (Å²) in [6.07, 6.45) is -4.14. The van der Waals surface area contributed by atoms with Crippen LogP contribution in [0.4, 0.5) is 13.2 Å². The van der Waals surface area contributed by atoms with Crippen LogP contribution in [-0.2, 0) is 16.1 Å². The van der Waals surface area contributed by atoms with Crippen LogP contribution >= 0.6 is 0 Å². The molecule has 2 heterocycles. The van der Waals surface area contributed by atoms with E-state index in [1.165, 1.54) is 23.1 Å². The zero-order valence-corrected chi connectivity index (χ0v) is 12.8. The molecule has 0 aromatic heterocycles. The van der Waals surface area contributed by atoms with Gasteiger partial charge < -0.3 is 4.90 Å². The second kappa shape index (κ2) is 5.61. The molecule has 5 nitrogen and oxygen atoms in total. The summed E-state index contributed by atoms with van der Waals surface area (Å²) in [7, 11) is 0. The van der Waals surface area contributed by atoms with Crippen molar-refractivity contribution in [2.45, 2.75) is 44.4 Å². The Bertz CT molecular complexity index is 730. The highest BCUT2D eigenvalue weighted by Gasteiger charge is 2.43. The van der Waals surface area contributed by atoms with Crippen molar-refractivity contribution in [1.82, 2.24) is 10.2 Å². The second-order valence-corrected chi connectivity index (χ2v) is 6.04. The van der Waals surface area contributed by atoms with Gasteiger partial charge in [0.1, 0.15) is 6.04 Å². The highest BCUT2D eigenvalue weighted by molar-refractivity contribution is 6.05. The maximum atomic E-state index is 13.1. The molecule has 1 aromatic rings. The Hall–Kier alpha value is -2.38. The average Bonchev–Trinajstić information content (AvgIpc) is 2.83. The third-order valence-electron chi connectivity index (χ3n) is 4.58. The number of amides is 3. The van der Waals surface area contributed by atoms with Gasteiger partial charge in [-0.25, -0.2) is 0 Å². The van der Waals surface area contributed by atoms with E-state index >= 15 is 0 Å². The lowest BCUT2D eigenvalue weighted by molar-refractivity contribution is -0.146. The third kappa shape index (κ3) is 2.65. The molecule has 2 aliphatic heterocycles. The highest BCUT2D eigenvalue weighted by Crippen LogP contribution is 2.39. The lowest BCUT2D eigenvalue weighted by Gasteiger charge is -2.29. The SMILES string of the molecule is C[C@H](c1cccc2c1CN(C1CCC(=O)NC1=O)C2=O)C(F)(F)F. The predicted octanol–water partition coefficient (Wildman–Crippen LogP) is 2.11. The number of hydrogen-bond donors (Lipinski definition) is 1. The van der Waals surface area contributed by atoms with Gasteiger partial charge in [0.2, 0.25) is 11.8 Å². The van der Waals surface area contributed by atoms with Crippen LogP contribution in [-0.4, -0.2) is 34.8 Å². The fourth-order valence-electron chi connectivity index (χ4n) is 3.19. The molecule has 8 heteroatoms. The number of nitrogens with zero attached hydrogens (tertiary/aromatic N) is 1. The highest BCUT2D eigenvalue weighted by atomic mass is 19.4. The second-order valence-electron chi connectivity index (χ2n) is 6.04. The van der Waals surface area contributed by atoms with Gasteiger partial charge in [0.15, 0.2) is 0 Å². The predicted molar refractivity (Wildman–Crippen MR) is 77.0 cm³/mol. The Morgan fingerprint density at radius 3 is 2.58 bits per heavy atom. The number of fused-ring (bicyclic) bond motifs is 1. The Morgan fingerprint density at radius 1 is 1.25 bits per heavy atom. The first-order chi connectivity index (χ1) is 11.2. The molecule has 0 spiro atoms. The molecule has 1 unspecified atom stereocenters. The number of alkyl halides is 3. The largest absolute Gasteiger partial charge is 0.395 e. The van der Waals surface area contributed by atoms with E-state index < -0.39 is 35.9 Å². The van der Waals surface area contributed by atoms with Crippen molar-refractivity contribution in [3.63, 3.8) is 0 Å². The van der Waals surface area contributed by atoms with Crippen LogP contribution in [0, 0.1) is 0 Å². The summed E-state index contributed by atoms with van der Waals surface area (Å²) >= 11 is 0. The molecule has 1 aromatic carbocycles. The molecule has 0 saturated carbocycles. The van der Waals surface area contributed by atoms with Crippen LogP contribution in [0.25, 0.3) is 0 Å². The van der Waals surface area contributed by atoms with E-state index in [9.17, 15) is 27.6 Å². The molecule has 24 heavy (non-hydrogen) atoms. The molecule has 0 aliphatic carbocycles. The van der Waals surface area contributed by atoms with Gasteiger partial charge >= 0.3 is 6.18 Å². The van der Waals surface area contributed by atoms with Gasteiger partial charge in [-0.2, -0.15) is 13.2 Å². The molecule has 3 amide bonds. The fraction of sp³-hybridized carbons (Fsp3) is 0.438. The van der Waals surface area contributed by atoms with Crippen LogP contribution in [0.5, 0.6) is 0 Å². The van der Waals surface area contributed by atoms with Crippen LogP contribution in [0.3, 0.4) is 0 Å². The standard InChI is InChI=1S/C16H15F3N2O3/c1-8(16(17,18)19)9-3-2-4-10-11(9)7-21(15(10)24)12-5-6-13(22)20-14(12)23/h2-4,8,12H,5-7H2,1H3,(H,20,22,23)/t8-,12?/m1/s1. The lowest BCUT2D eigenvalue weighted by Crippen LogP contribution is -2.52. The van der Waals surface area contributed by atoms with Crippen LogP contribution < -0.4 is 5.32 Å². The van der Waals surface area contributed by atoms with Crippen LogP contribution in [0.1, 0.15) is 47.2 Å². The van der Waals surface area contributed by atoms with Gasteiger partial charge in [0.05, 0.1) is 5.92 Å². The van der Waals surface area contributed by atoms with Crippen molar-refractivity contribution < 1.29 is 27.6 Å². The number of hydrogen-bond acceptors (Lipinski definition) is 3. The van der Waals surface area contributed by atoms with E-state index in [-0.39, 0.29) is 30.5 Å². The molecule has 0 radical (unpaired) electrons. The fourth-order valence-corrected chi connectivity index (χ4v) is 3.19. The monoisotopic (exact) mass is 340 g/mol. The van der Waals surface area contributed by atoms with Crippen molar-refractivity contribution in [3.8, 4) is 0 Å². The number of rotatable bonds is 2. The molecule has 2 atom stereocenters. The zero-order chi connectivity index (χ0) is 17.6. The van der Waals surface area contributed by atoms with Crippen molar-refractivity contribution in [2.75, 3.05) is 0 Å². The molecule has 1 N–H and O–H groups in total. The number of nitrogens with one attached hydrogen (secondary N) is 1. The minimum Gasteiger partial charge on any atom is -0.322 e. The Kier molecular flexibility index (Phi) is 3.85. The van der Waals surface area contributed by atoms with Gasteiger partial charge in [0.25, 0.3) is 5.91 Å². The summed E-state index contributed by atoms with van der Waals surface area (Å²) < 4.78 is 39.2. The molecule has 3 rings (SSSR count). The van der Waals surface area contributed by atoms with Gasteiger partial charge in [-0.1, -0.05) is 12.1 Å². The number of imide groups is 1. The van der Waals surface area contributed by atoms with E-state index in [2.05, 4.69) is 5.32 Å². The van der Waals surface area contributed by atoms with Crippen molar-refractivity contribution in [2.24, 2.45) is 0 Å². The van der Waals surface area contributed by atoms with Crippen molar-refractivity contribution >= 4 is 17.7 Å². The third-order valence-corrected chi connectivity index (χ3v) is 4.58. The lowest BCUT2D eigenvalue weighted by atomic mass is 9.93. The summed E-state index contributed by atoms with van der Waals surface area (Å²) in [5.41, 5.74) is 0.536. The Morgan fingerprint density at radius 2 is 1.96 bits per heavy atom. The molecule has 0 bridgehead atoms. The Labute approximate surface area is 135 Å². The maximum absolute atomic E-state index is 13.1. The van der Waals surface area contributed by atoms with Crippen LogP contribution in [0.15, 0.2) is 18.2 Å². The average molecular weight is 340 g/mol. The van der Waals surface area contributed by atoms with Crippen molar-refractivity contribution in [1.29, 1.82) is 0 Å². The van der Waals surface area contributed by atoms with E-state index in [4.69, 9.17) is 0 Å². The first-order valence-corrected chi connectivity index (χ1v) is 7.53. The number of benzene rings is 1. The van der Waals surface area contributed by atoms with E-state index in [0.717, 1.165) is 6.92 Å². The van der Waals surface area contributed by atoms with Gasteiger partial charge in [0, 0.05) is 18.5 Å². The summed E-state index contributed by atoms with van der Waals surface area (Å²) in [6.45, 7) is 0.992. The molecular formula is C16H15F3N2O3. The number of halogens is 3. The normalized spacial score (nSPS) is 22.4. The molecule has 2 aliphatic rings. The first kappa shape index (κ1) is 16.5. The number of carbonyl (C=O) groups is 3. The molecule has 1 fully saturated rings. The van der Waals surface area contributed by atoms with Gasteiger partial charge in [-0.3, -0.25) is 19.7 Å². The summed E-state index contributed by atoms with van der Waals surface area (Å²) in [4.78, 5) is 37.0. The smallest absolute Gasteiger partial charge is 0.322 e. The van der Waals surface area contributed by atoms with Crippen LogP contribution in [0.2, 0.25) is 0 Å². The number of carbonyl (C=O) groups excluding carboxylic acids is 3. The maximum Gasteiger partial charge on any atom is 0.395 e. The molecule has 128 valence electrons. The first-order valence-electron chi connectivity index (χ1n) is 7.53. The Balaban J connectivity index is 1.93. The van der Waals surface area contributed by atoms with Gasteiger partial charge in [-0.15, -0.1) is 0 Å². The summed E-state index contributed by atoms with van der Waals surface area (Å²) in [5, 5.41) is 2.16. The minimum absolute atomic E-state index is 0.0446.